The average molecular weight is 348 g/mol. The van der Waals surface area contributed by atoms with Gasteiger partial charge in [0.15, 0.2) is 0 Å². The van der Waals surface area contributed by atoms with Crippen LogP contribution in [0.25, 0.3) is 0 Å². The monoisotopic (exact) mass is 348 g/mol. The van der Waals surface area contributed by atoms with Crippen LogP contribution in [-0.2, 0) is 11.2 Å². The van der Waals surface area contributed by atoms with Crippen LogP contribution in [0.2, 0.25) is 0 Å². The van der Waals surface area contributed by atoms with Crippen molar-refractivity contribution in [2.75, 3.05) is 6.54 Å². The van der Waals surface area contributed by atoms with Gasteiger partial charge in [0, 0.05) is 18.2 Å². The van der Waals surface area contributed by atoms with Crippen LogP contribution in [0, 0.1) is 0 Å². The lowest BCUT2D eigenvalue weighted by Crippen LogP contribution is -2.43. The minimum Gasteiger partial charge on any atom is -0.351 e. The van der Waals surface area contributed by atoms with Gasteiger partial charge in [-0.3, -0.25) is 9.59 Å². The molecule has 0 radical (unpaired) electrons. The second kappa shape index (κ2) is 7.32. The SMILES string of the molecule is O=C(NC1CCCC1)[C@@H]1c2ccccc2C(=O)N1CCc1ccccc1. The topological polar surface area (TPSA) is 49.4 Å². The van der Waals surface area contributed by atoms with Crippen molar-refractivity contribution in [1.29, 1.82) is 0 Å². The van der Waals surface area contributed by atoms with E-state index in [9.17, 15) is 9.59 Å². The average Bonchev–Trinajstić information content (AvgIpc) is 3.27. The van der Waals surface area contributed by atoms with E-state index in [4.69, 9.17) is 0 Å². The number of amides is 2. The van der Waals surface area contributed by atoms with Crippen molar-refractivity contribution in [2.45, 2.75) is 44.2 Å². The Bertz CT molecular complexity index is 797. The standard InChI is InChI=1S/C22H24N2O2/c25-21(23-17-10-4-5-11-17)20-18-12-6-7-13-19(18)22(26)24(20)15-14-16-8-2-1-3-9-16/h1-3,6-9,12-13,17,20H,4-5,10-11,14-15H2,(H,23,25)/t20-/m0/s1. The molecule has 2 amide bonds. The first kappa shape index (κ1) is 16.8. The molecule has 1 saturated carbocycles. The highest BCUT2D eigenvalue weighted by Gasteiger charge is 2.41. The summed E-state index contributed by atoms with van der Waals surface area (Å²) in [5, 5.41) is 3.18. The molecule has 0 spiro atoms. The summed E-state index contributed by atoms with van der Waals surface area (Å²) < 4.78 is 0. The van der Waals surface area contributed by atoms with Gasteiger partial charge in [-0.1, -0.05) is 61.4 Å². The van der Waals surface area contributed by atoms with Crippen LogP contribution < -0.4 is 5.32 Å². The molecule has 0 aromatic heterocycles. The first-order valence-electron chi connectivity index (χ1n) is 9.48. The molecule has 1 N–H and O–H groups in total. The Kier molecular flexibility index (Phi) is 4.74. The molecule has 4 rings (SSSR count). The maximum atomic E-state index is 13.0. The highest BCUT2D eigenvalue weighted by Crippen LogP contribution is 2.34. The summed E-state index contributed by atoms with van der Waals surface area (Å²) in [6.07, 6.45) is 5.16. The number of rotatable bonds is 5. The Morgan fingerprint density at radius 3 is 2.46 bits per heavy atom. The number of fused-ring (bicyclic) bond motifs is 1. The molecule has 0 bridgehead atoms. The first-order valence-corrected chi connectivity index (χ1v) is 9.48. The molecule has 2 aromatic rings. The van der Waals surface area contributed by atoms with Gasteiger partial charge in [0.05, 0.1) is 0 Å². The molecular weight excluding hydrogens is 324 g/mol. The van der Waals surface area contributed by atoms with Crippen LogP contribution in [-0.4, -0.2) is 29.3 Å². The van der Waals surface area contributed by atoms with E-state index in [1.807, 2.05) is 42.5 Å². The Balaban J connectivity index is 1.56. The molecular formula is C22H24N2O2. The van der Waals surface area contributed by atoms with Gasteiger partial charge in [0.2, 0.25) is 5.91 Å². The van der Waals surface area contributed by atoms with E-state index in [0.29, 0.717) is 12.1 Å². The smallest absolute Gasteiger partial charge is 0.255 e. The van der Waals surface area contributed by atoms with Gasteiger partial charge in [-0.2, -0.15) is 0 Å². The number of carbonyl (C=O) groups is 2. The fourth-order valence-electron chi connectivity index (χ4n) is 4.13. The van der Waals surface area contributed by atoms with Crippen LogP contribution in [0.15, 0.2) is 54.6 Å². The Labute approximate surface area is 154 Å². The third-order valence-corrected chi connectivity index (χ3v) is 5.49. The molecule has 26 heavy (non-hydrogen) atoms. The summed E-state index contributed by atoms with van der Waals surface area (Å²) in [5.41, 5.74) is 2.67. The van der Waals surface area contributed by atoms with E-state index in [2.05, 4.69) is 17.4 Å². The first-order chi connectivity index (χ1) is 12.7. The number of benzene rings is 2. The van der Waals surface area contributed by atoms with Crippen molar-refractivity contribution >= 4 is 11.8 Å². The molecule has 4 heteroatoms. The normalized spacial score (nSPS) is 19.6. The summed E-state index contributed by atoms with van der Waals surface area (Å²) in [6, 6.07) is 17.3. The van der Waals surface area contributed by atoms with Crippen molar-refractivity contribution in [1.82, 2.24) is 10.2 Å². The third kappa shape index (κ3) is 3.24. The number of carbonyl (C=O) groups excluding carboxylic acids is 2. The second-order valence-corrected chi connectivity index (χ2v) is 7.21. The van der Waals surface area contributed by atoms with Gasteiger partial charge in [0.1, 0.15) is 6.04 Å². The third-order valence-electron chi connectivity index (χ3n) is 5.49. The molecule has 4 nitrogen and oxygen atoms in total. The van der Waals surface area contributed by atoms with Gasteiger partial charge >= 0.3 is 0 Å². The summed E-state index contributed by atoms with van der Waals surface area (Å²) in [5.74, 6) is -0.0774. The molecule has 0 saturated heterocycles. The number of hydrogen-bond donors (Lipinski definition) is 1. The van der Waals surface area contributed by atoms with E-state index in [-0.39, 0.29) is 17.9 Å². The summed E-state index contributed by atoms with van der Waals surface area (Å²) in [6.45, 7) is 0.542. The highest BCUT2D eigenvalue weighted by molar-refractivity contribution is 6.04. The number of hydrogen-bond acceptors (Lipinski definition) is 2. The van der Waals surface area contributed by atoms with Crippen molar-refractivity contribution in [3.63, 3.8) is 0 Å². The van der Waals surface area contributed by atoms with Crippen molar-refractivity contribution in [3.05, 3.63) is 71.3 Å². The largest absolute Gasteiger partial charge is 0.351 e. The maximum Gasteiger partial charge on any atom is 0.255 e. The molecule has 1 aliphatic carbocycles. The Hall–Kier alpha value is -2.62. The summed E-state index contributed by atoms with van der Waals surface area (Å²) in [7, 11) is 0. The fraction of sp³-hybridized carbons (Fsp3) is 0.364. The minimum absolute atomic E-state index is 0.0386. The molecule has 134 valence electrons. The number of nitrogens with one attached hydrogen (secondary N) is 1. The molecule has 1 fully saturated rings. The van der Waals surface area contributed by atoms with Gasteiger partial charge in [-0.15, -0.1) is 0 Å². The van der Waals surface area contributed by atoms with Crippen LogP contribution in [0.5, 0.6) is 0 Å². The number of nitrogens with zero attached hydrogens (tertiary/aromatic N) is 1. The van der Waals surface area contributed by atoms with Crippen LogP contribution in [0.4, 0.5) is 0 Å². The molecule has 1 aliphatic heterocycles. The zero-order valence-electron chi connectivity index (χ0n) is 14.9. The van der Waals surface area contributed by atoms with Gasteiger partial charge < -0.3 is 10.2 Å². The summed E-state index contributed by atoms with van der Waals surface area (Å²) in [4.78, 5) is 27.7. The quantitative estimate of drug-likeness (QED) is 0.899. The fourth-order valence-corrected chi connectivity index (χ4v) is 4.13. The molecule has 0 unspecified atom stereocenters. The lowest BCUT2D eigenvalue weighted by atomic mass is 10.0. The molecule has 1 heterocycles. The van der Waals surface area contributed by atoms with E-state index >= 15 is 0 Å². The van der Waals surface area contributed by atoms with E-state index in [0.717, 1.165) is 24.8 Å². The van der Waals surface area contributed by atoms with Gasteiger partial charge in [-0.25, -0.2) is 0 Å². The molecule has 1 atom stereocenters. The zero-order chi connectivity index (χ0) is 17.9. The summed E-state index contributed by atoms with van der Waals surface area (Å²) >= 11 is 0. The zero-order valence-corrected chi connectivity index (χ0v) is 14.9. The van der Waals surface area contributed by atoms with E-state index in [1.54, 1.807) is 4.90 Å². The van der Waals surface area contributed by atoms with Gasteiger partial charge in [-0.05, 0) is 36.5 Å². The van der Waals surface area contributed by atoms with E-state index < -0.39 is 6.04 Å². The predicted molar refractivity (Wildman–Crippen MR) is 101 cm³/mol. The van der Waals surface area contributed by atoms with Crippen molar-refractivity contribution < 1.29 is 9.59 Å². The van der Waals surface area contributed by atoms with Crippen LogP contribution in [0.1, 0.15) is 53.2 Å². The Morgan fingerprint density at radius 1 is 1.00 bits per heavy atom. The lowest BCUT2D eigenvalue weighted by molar-refractivity contribution is -0.126. The minimum atomic E-state index is -0.511. The maximum absolute atomic E-state index is 13.0. The van der Waals surface area contributed by atoms with E-state index in [1.165, 1.54) is 18.4 Å². The molecule has 2 aromatic carbocycles. The van der Waals surface area contributed by atoms with Crippen LogP contribution in [0.3, 0.4) is 0 Å². The van der Waals surface area contributed by atoms with Crippen molar-refractivity contribution in [2.24, 2.45) is 0 Å². The van der Waals surface area contributed by atoms with Crippen molar-refractivity contribution in [3.8, 4) is 0 Å². The predicted octanol–water partition coefficient (Wildman–Crippen LogP) is 3.49. The van der Waals surface area contributed by atoms with Crippen LogP contribution >= 0.6 is 0 Å². The van der Waals surface area contributed by atoms with Gasteiger partial charge in [0.25, 0.3) is 5.91 Å². The lowest BCUT2D eigenvalue weighted by Gasteiger charge is -2.26. The highest BCUT2D eigenvalue weighted by atomic mass is 16.2. The second-order valence-electron chi connectivity index (χ2n) is 7.21. The molecule has 2 aliphatic rings. The Morgan fingerprint density at radius 2 is 1.69 bits per heavy atom.